The fourth-order valence-electron chi connectivity index (χ4n) is 3.73. The van der Waals surface area contributed by atoms with Crippen molar-refractivity contribution in [3.05, 3.63) is 105 Å². The number of para-hydroxylation sites is 1. The van der Waals surface area contributed by atoms with Gasteiger partial charge in [0.25, 0.3) is 11.8 Å². The standard InChI is InChI=1S/C28H27N3O4/c1-17-14-22(27(33)30-20-10-8-19(9-11-20)12-13-29-3)23(15-18(17)2)31-28(34)26-16-24(32)21-6-4-5-7-25(21)35-26/h4-11,14-16,29H,12-13H2,1-3H3,(H,30,33)(H,31,34). The van der Waals surface area contributed by atoms with E-state index in [1.54, 1.807) is 36.4 Å². The number of rotatable bonds is 7. The van der Waals surface area contributed by atoms with Gasteiger partial charge in [-0.1, -0.05) is 24.3 Å². The molecule has 0 unspecified atom stereocenters. The van der Waals surface area contributed by atoms with Gasteiger partial charge in [-0.2, -0.15) is 0 Å². The first-order chi connectivity index (χ1) is 16.9. The van der Waals surface area contributed by atoms with Gasteiger partial charge in [0, 0.05) is 11.8 Å². The number of hydrogen-bond donors (Lipinski definition) is 3. The summed E-state index contributed by atoms with van der Waals surface area (Å²) in [4.78, 5) is 38.5. The van der Waals surface area contributed by atoms with Gasteiger partial charge in [-0.15, -0.1) is 0 Å². The molecule has 3 aromatic carbocycles. The normalized spacial score (nSPS) is 10.8. The summed E-state index contributed by atoms with van der Waals surface area (Å²) in [6.45, 7) is 4.66. The van der Waals surface area contributed by atoms with Crippen molar-refractivity contribution in [2.24, 2.45) is 0 Å². The minimum atomic E-state index is -0.612. The predicted molar refractivity (Wildman–Crippen MR) is 138 cm³/mol. The van der Waals surface area contributed by atoms with Crippen molar-refractivity contribution in [3.63, 3.8) is 0 Å². The molecular weight excluding hydrogens is 442 g/mol. The fraction of sp³-hybridized carbons (Fsp3) is 0.179. The fourth-order valence-corrected chi connectivity index (χ4v) is 3.73. The van der Waals surface area contributed by atoms with E-state index < -0.39 is 5.91 Å². The minimum absolute atomic E-state index is 0.129. The molecule has 0 fully saturated rings. The van der Waals surface area contributed by atoms with Crippen LogP contribution >= 0.6 is 0 Å². The molecule has 1 heterocycles. The van der Waals surface area contributed by atoms with E-state index in [0.29, 0.717) is 27.9 Å². The van der Waals surface area contributed by atoms with Gasteiger partial charge in [0.2, 0.25) is 0 Å². The average Bonchev–Trinajstić information content (AvgIpc) is 2.85. The lowest BCUT2D eigenvalue weighted by Crippen LogP contribution is -2.20. The molecule has 0 radical (unpaired) electrons. The molecule has 0 aliphatic carbocycles. The third kappa shape index (κ3) is 5.47. The zero-order chi connectivity index (χ0) is 24.9. The topological polar surface area (TPSA) is 100 Å². The van der Waals surface area contributed by atoms with Crippen LogP contribution in [0.3, 0.4) is 0 Å². The maximum absolute atomic E-state index is 13.2. The molecule has 7 nitrogen and oxygen atoms in total. The van der Waals surface area contributed by atoms with Crippen LogP contribution in [0.1, 0.15) is 37.6 Å². The number of likely N-dealkylation sites (N-methyl/N-ethyl adjacent to an activating group) is 1. The number of carbonyl (C=O) groups is 2. The van der Waals surface area contributed by atoms with E-state index in [1.807, 2.05) is 45.2 Å². The van der Waals surface area contributed by atoms with E-state index in [4.69, 9.17) is 4.42 Å². The molecule has 0 saturated heterocycles. The summed E-state index contributed by atoms with van der Waals surface area (Å²) in [5.74, 6) is -1.10. The first kappa shape index (κ1) is 23.9. The first-order valence-electron chi connectivity index (χ1n) is 11.4. The van der Waals surface area contributed by atoms with Gasteiger partial charge in [0.15, 0.2) is 11.2 Å². The molecule has 0 saturated carbocycles. The third-order valence-corrected chi connectivity index (χ3v) is 5.86. The Morgan fingerprint density at radius 2 is 1.57 bits per heavy atom. The Kier molecular flexibility index (Phi) is 7.08. The van der Waals surface area contributed by atoms with Crippen molar-refractivity contribution in [3.8, 4) is 0 Å². The molecule has 0 spiro atoms. The van der Waals surface area contributed by atoms with Crippen molar-refractivity contribution in [1.29, 1.82) is 0 Å². The van der Waals surface area contributed by atoms with Crippen LogP contribution in [0.2, 0.25) is 0 Å². The summed E-state index contributed by atoms with van der Waals surface area (Å²) < 4.78 is 5.65. The van der Waals surface area contributed by atoms with Gasteiger partial charge in [-0.25, -0.2) is 0 Å². The van der Waals surface area contributed by atoms with Crippen LogP contribution in [0, 0.1) is 13.8 Å². The zero-order valence-electron chi connectivity index (χ0n) is 19.9. The molecule has 4 rings (SSSR count). The van der Waals surface area contributed by atoms with E-state index in [-0.39, 0.29) is 17.1 Å². The minimum Gasteiger partial charge on any atom is -0.451 e. The second-order valence-electron chi connectivity index (χ2n) is 8.41. The molecule has 0 aliphatic heterocycles. The van der Waals surface area contributed by atoms with Crippen molar-refractivity contribution < 1.29 is 14.0 Å². The Balaban J connectivity index is 1.59. The van der Waals surface area contributed by atoms with Crippen LogP contribution in [0.15, 0.2) is 75.9 Å². The SMILES string of the molecule is CNCCc1ccc(NC(=O)c2cc(C)c(C)cc2NC(=O)c2cc(=O)c3ccccc3o2)cc1. The largest absolute Gasteiger partial charge is 0.451 e. The van der Waals surface area contributed by atoms with Crippen molar-refractivity contribution in [2.75, 3.05) is 24.2 Å². The smallest absolute Gasteiger partial charge is 0.291 e. The van der Waals surface area contributed by atoms with Gasteiger partial charge in [-0.3, -0.25) is 14.4 Å². The van der Waals surface area contributed by atoms with Crippen LogP contribution in [0.4, 0.5) is 11.4 Å². The Morgan fingerprint density at radius 1 is 0.857 bits per heavy atom. The maximum atomic E-state index is 13.2. The summed E-state index contributed by atoms with van der Waals surface area (Å²) in [5.41, 5.74) is 4.28. The number of aryl methyl sites for hydroxylation is 2. The molecule has 7 heteroatoms. The zero-order valence-corrected chi connectivity index (χ0v) is 19.9. The highest BCUT2D eigenvalue weighted by Crippen LogP contribution is 2.24. The maximum Gasteiger partial charge on any atom is 0.291 e. The summed E-state index contributed by atoms with van der Waals surface area (Å²) >= 11 is 0. The lowest BCUT2D eigenvalue weighted by Gasteiger charge is -2.14. The number of fused-ring (bicyclic) bond motifs is 1. The summed E-state index contributed by atoms with van der Waals surface area (Å²) in [7, 11) is 1.90. The van der Waals surface area contributed by atoms with Gasteiger partial charge in [-0.05, 0) is 86.9 Å². The average molecular weight is 470 g/mol. The van der Waals surface area contributed by atoms with E-state index in [1.165, 1.54) is 0 Å². The van der Waals surface area contributed by atoms with E-state index in [0.717, 1.165) is 35.7 Å². The van der Waals surface area contributed by atoms with Crippen molar-refractivity contribution in [1.82, 2.24) is 5.32 Å². The quantitative estimate of drug-likeness (QED) is 0.365. The highest BCUT2D eigenvalue weighted by Gasteiger charge is 2.18. The van der Waals surface area contributed by atoms with Gasteiger partial charge in [0.05, 0.1) is 16.6 Å². The third-order valence-electron chi connectivity index (χ3n) is 5.86. The Labute approximate surface area is 203 Å². The monoisotopic (exact) mass is 469 g/mol. The summed E-state index contributed by atoms with van der Waals surface area (Å²) in [6.07, 6.45) is 0.892. The summed E-state index contributed by atoms with van der Waals surface area (Å²) in [6, 6.07) is 19.0. The number of nitrogens with one attached hydrogen (secondary N) is 3. The van der Waals surface area contributed by atoms with Gasteiger partial charge in [0.1, 0.15) is 5.58 Å². The Bertz CT molecular complexity index is 1460. The number of benzene rings is 3. The molecule has 3 N–H and O–H groups in total. The van der Waals surface area contributed by atoms with E-state index >= 15 is 0 Å². The van der Waals surface area contributed by atoms with Gasteiger partial charge >= 0.3 is 0 Å². The molecule has 4 aromatic rings. The highest BCUT2D eigenvalue weighted by atomic mass is 16.3. The second kappa shape index (κ2) is 10.4. The molecule has 1 aromatic heterocycles. The van der Waals surface area contributed by atoms with E-state index in [2.05, 4.69) is 16.0 Å². The van der Waals surface area contributed by atoms with Crippen LogP contribution in [-0.4, -0.2) is 25.4 Å². The molecule has 35 heavy (non-hydrogen) atoms. The Hall–Kier alpha value is -4.23. The van der Waals surface area contributed by atoms with Crippen LogP contribution in [-0.2, 0) is 6.42 Å². The number of amides is 2. The number of anilines is 2. The molecule has 178 valence electrons. The lowest BCUT2D eigenvalue weighted by atomic mass is 10.0. The number of hydrogen-bond acceptors (Lipinski definition) is 5. The van der Waals surface area contributed by atoms with E-state index in [9.17, 15) is 14.4 Å². The van der Waals surface area contributed by atoms with Gasteiger partial charge < -0.3 is 20.4 Å². The lowest BCUT2D eigenvalue weighted by molar-refractivity contribution is 0.0997. The molecule has 2 amide bonds. The highest BCUT2D eigenvalue weighted by molar-refractivity contribution is 6.12. The van der Waals surface area contributed by atoms with Crippen LogP contribution in [0.5, 0.6) is 0 Å². The summed E-state index contributed by atoms with van der Waals surface area (Å²) in [5, 5.41) is 9.15. The first-order valence-corrected chi connectivity index (χ1v) is 11.4. The Morgan fingerprint density at radius 3 is 2.31 bits per heavy atom. The van der Waals surface area contributed by atoms with Crippen LogP contribution < -0.4 is 21.4 Å². The molecule has 0 aliphatic rings. The second-order valence-corrected chi connectivity index (χ2v) is 8.41. The molecule has 0 bridgehead atoms. The predicted octanol–water partition coefficient (Wildman–Crippen LogP) is 4.68. The molecule has 0 atom stereocenters. The van der Waals surface area contributed by atoms with Crippen molar-refractivity contribution >= 4 is 34.2 Å². The number of carbonyl (C=O) groups excluding carboxylic acids is 2. The van der Waals surface area contributed by atoms with Crippen LogP contribution in [0.25, 0.3) is 11.0 Å². The van der Waals surface area contributed by atoms with Crippen molar-refractivity contribution in [2.45, 2.75) is 20.3 Å². The molecular formula is C28H27N3O4.